The van der Waals surface area contributed by atoms with Crippen molar-refractivity contribution in [3.8, 4) is 0 Å². The normalized spacial score (nSPS) is 10.7. The van der Waals surface area contributed by atoms with E-state index in [4.69, 9.17) is 20.9 Å². The predicted molar refractivity (Wildman–Crippen MR) is 101 cm³/mol. The Labute approximate surface area is 164 Å². The largest absolute Gasteiger partial charge is 0.455 e. The minimum absolute atomic E-state index is 0.0271. The summed E-state index contributed by atoms with van der Waals surface area (Å²) in [5.74, 6) is -0.329. The van der Waals surface area contributed by atoms with Crippen molar-refractivity contribution in [3.63, 3.8) is 0 Å². The predicted octanol–water partition coefficient (Wildman–Crippen LogP) is 4.44. The number of benzene rings is 1. The molecule has 7 nitrogen and oxygen atoms in total. The van der Waals surface area contributed by atoms with Crippen molar-refractivity contribution in [3.05, 3.63) is 57.4 Å². The minimum atomic E-state index is -0.529. The summed E-state index contributed by atoms with van der Waals surface area (Å²) in [7, 11) is 0. The van der Waals surface area contributed by atoms with E-state index in [2.05, 4.69) is 10.1 Å². The molecule has 0 radical (unpaired) electrons. The lowest BCUT2D eigenvalue weighted by Crippen LogP contribution is -2.22. The maximum absolute atomic E-state index is 12.2. The van der Waals surface area contributed by atoms with E-state index in [1.807, 2.05) is 0 Å². The highest BCUT2D eigenvalue weighted by Gasteiger charge is 2.21. The fraction of sp³-hybridized carbons (Fsp3) is 0.222. The van der Waals surface area contributed by atoms with Crippen molar-refractivity contribution in [1.29, 1.82) is 0 Å². The number of nitrogens with zero attached hydrogens (tertiary/aromatic N) is 3. The molecular formula is C18H16ClN3O4S. The standard InChI is InChI=1S/C18H16ClN3O4S/c1-10-16(11(2)26-21-10)17(24)25-8-14-9-27-18(20-14)22(12(3)23)15-6-4-5-13(19)7-15/h4-7,9H,8H2,1-3H3. The van der Waals surface area contributed by atoms with Crippen LogP contribution in [0.3, 0.4) is 0 Å². The molecule has 2 aromatic heterocycles. The third-order valence-electron chi connectivity index (χ3n) is 3.70. The van der Waals surface area contributed by atoms with Crippen LogP contribution in [0.1, 0.15) is 34.4 Å². The second-order valence-electron chi connectivity index (χ2n) is 5.73. The second kappa shape index (κ2) is 7.89. The van der Waals surface area contributed by atoms with E-state index in [1.165, 1.54) is 23.2 Å². The van der Waals surface area contributed by atoms with E-state index in [0.29, 0.717) is 38.6 Å². The van der Waals surface area contributed by atoms with Crippen LogP contribution >= 0.6 is 22.9 Å². The Balaban J connectivity index is 1.75. The van der Waals surface area contributed by atoms with Gasteiger partial charge in [0.15, 0.2) is 5.13 Å². The SMILES string of the molecule is CC(=O)N(c1cccc(Cl)c1)c1nc(COC(=O)c2c(C)noc2C)cs1. The molecule has 1 aromatic carbocycles. The molecule has 27 heavy (non-hydrogen) atoms. The molecule has 0 saturated heterocycles. The maximum Gasteiger partial charge on any atom is 0.344 e. The zero-order valence-corrected chi connectivity index (χ0v) is 16.4. The number of ether oxygens (including phenoxy) is 1. The molecule has 0 atom stereocenters. The molecule has 2 heterocycles. The van der Waals surface area contributed by atoms with Crippen LogP contribution < -0.4 is 4.90 Å². The molecule has 3 rings (SSSR count). The van der Waals surface area contributed by atoms with Crippen LogP contribution in [0.15, 0.2) is 34.2 Å². The summed E-state index contributed by atoms with van der Waals surface area (Å²) < 4.78 is 10.3. The molecule has 0 N–H and O–H groups in total. The first-order chi connectivity index (χ1) is 12.9. The first-order valence-corrected chi connectivity index (χ1v) is 9.23. The summed E-state index contributed by atoms with van der Waals surface area (Å²) in [5.41, 5.74) is 1.93. The molecule has 0 unspecified atom stereocenters. The van der Waals surface area contributed by atoms with Gasteiger partial charge in [0.05, 0.1) is 17.1 Å². The first kappa shape index (κ1) is 19.1. The fourth-order valence-corrected chi connectivity index (χ4v) is 3.55. The summed E-state index contributed by atoms with van der Waals surface area (Å²) in [4.78, 5) is 30.2. The van der Waals surface area contributed by atoms with Crippen LogP contribution in [0.25, 0.3) is 0 Å². The van der Waals surface area contributed by atoms with E-state index in [9.17, 15) is 9.59 Å². The highest BCUT2D eigenvalue weighted by Crippen LogP contribution is 2.30. The van der Waals surface area contributed by atoms with Crippen LogP contribution in [0, 0.1) is 13.8 Å². The van der Waals surface area contributed by atoms with Gasteiger partial charge in [-0.15, -0.1) is 11.3 Å². The van der Waals surface area contributed by atoms with E-state index < -0.39 is 5.97 Å². The number of aryl methyl sites for hydroxylation is 2. The third kappa shape index (κ3) is 4.17. The van der Waals surface area contributed by atoms with Gasteiger partial charge in [-0.1, -0.05) is 22.8 Å². The molecule has 0 aliphatic rings. The summed E-state index contributed by atoms with van der Waals surface area (Å²) >= 11 is 7.29. The number of carbonyl (C=O) groups is 2. The Morgan fingerprint density at radius 2 is 2.11 bits per heavy atom. The zero-order chi connectivity index (χ0) is 19.6. The fourth-order valence-electron chi connectivity index (χ4n) is 2.49. The highest BCUT2D eigenvalue weighted by molar-refractivity contribution is 7.14. The molecule has 0 fully saturated rings. The van der Waals surface area contributed by atoms with Crippen LogP contribution in [0.2, 0.25) is 5.02 Å². The van der Waals surface area contributed by atoms with Crippen molar-refractivity contribution < 1.29 is 18.8 Å². The van der Waals surface area contributed by atoms with Crippen molar-refractivity contribution in [1.82, 2.24) is 10.1 Å². The maximum atomic E-state index is 12.2. The number of thiazole rings is 1. The number of carbonyl (C=O) groups excluding carboxylic acids is 2. The Morgan fingerprint density at radius 1 is 1.33 bits per heavy atom. The molecule has 9 heteroatoms. The molecule has 0 saturated carbocycles. The number of anilines is 2. The zero-order valence-electron chi connectivity index (χ0n) is 14.9. The first-order valence-electron chi connectivity index (χ1n) is 7.97. The number of amides is 1. The third-order valence-corrected chi connectivity index (χ3v) is 4.81. The van der Waals surface area contributed by atoms with Gasteiger partial charge < -0.3 is 9.26 Å². The van der Waals surface area contributed by atoms with Crippen molar-refractivity contribution >= 4 is 45.6 Å². The number of hydrogen-bond acceptors (Lipinski definition) is 7. The Morgan fingerprint density at radius 3 is 2.74 bits per heavy atom. The lowest BCUT2D eigenvalue weighted by molar-refractivity contribution is -0.115. The molecular weight excluding hydrogens is 390 g/mol. The molecule has 0 spiro atoms. The van der Waals surface area contributed by atoms with Gasteiger partial charge in [0.1, 0.15) is 17.9 Å². The topological polar surface area (TPSA) is 85.5 Å². The number of aromatic nitrogens is 2. The molecule has 0 aliphatic carbocycles. The number of hydrogen-bond donors (Lipinski definition) is 0. The Kier molecular flexibility index (Phi) is 5.57. The quantitative estimate of drug-likeness (QED) is 0.583. The van der Waals surface area contributed by atoms with E-state index in [1.54, 1.807) is 43.5 Å². The number of rotatable bonds is 5. The summed E-state index contributed by atoms with van der Waals surface area (Å²) in [6, 6.07) is 6.94. The van der Waals surface area contributed by atoms with E-state index in [0.717, 1.165) is 0 Å². The van der Waals surface area contributed by atoms with Gasteiger partial charge in [-0.3, -0.25) is 9.69 Å². The average Bonchev–Trinajstić information content (AvgIpc) is 3.19. The molecule has 0 aliphatic heterocycles. The minimum Gasteiger partial charge on any atom is -0.455 e. The van der Waals surface area contributed by atoms with Crippen LogP contribution in [0.5, 0.6) is 0 Å². The highest BCUT2D eigenvalue weighted by atomic mass is 35.5. The summed E-state index contributed by atoms with van der Waals surface area (Å²) in [5, 5.41) is 6.45. The summed E-state index contributed by atoms with van der Waals surface area (Å²) in [6.45, 7) is 4.73. The second-order valence-corrected chi connectivity index (χ2v) is 7.00. The van der Waals surface area contributed by atoms with Crippen LogP contribution in [-0.2, 0) is 16.1 Å². The van der Waals surface area contributed by atoms with Crippen LogP contribution in [-0.4, -0.2) is 22.0 Å². The molecule has 140 valence electrons. The summed E-state index contributed by atoms with van der Waals surface area (Å²) in [6.07, 6.45) is 0. The van der Waals surface area contributed by atoms with Gasteiger partial charge in [0.25, 0.3) is 0 Å². The van der Waals surface area contributed by atoms with Crippen LogP contribution in [0.4, 0.5) is 10.8 Å². The van der Waals surface area contributed by atoms with Crippen molar-refractivity contribution in [2.24, 2.45) is 0 Å². The van der Waals surface area contributed by atoms with Crippen molar-refractivity contribution in [2.75, 3.05) is 4.90 Å². The lowest BCUT2D eigenvalue weighted by Gasteiger charge is -2.18. The molecule has 3 aromatic rings. The van der Waals surface area contributed by atoms with E-state index >= 15 is 0 Å². The van der Waals surface area contributed by atoms with Gasteiger partial charge in [0, 0.05) is 17.3 Å². The van der Waals surface area contributed by atoms with Gasteiger partial charge in [-0.2, -0.15) is 0 Å². The van der Waals surface area contributed by atoms with Gasteiger partial charge in [-0.25, -0.2) is 9.78 Å². The Bertz CT molecular complexity index is 979. The number of esters is 1. The molecule has 0 bridgehead atoms. The van der Waals surface area contributed by atoms with Gasteiger partial charge in [-0.05, 0) is 32.0 Å². The average molecular weight is 406 g/mol. The van der Waals surface area contributed by atoms with Gasteiger partial charge >= 0.3 is 5.97 Å². The number of halogens is 1. The smallest absolute Gasteiger partial charge is 0.344 e. The lowest BCUT2D eigenvalue weighted by atomic mass is 10.2. The van der Waals surface area contributed by atoms with E-state index in [-0.39, 0.29) is 12.5 Å². The molecule has 1 amide bonds. The Hall–Kier alpha value is -2.71. The monoisotopic (exact) mass is 405 g/mol. The van der Waals surface area contributed by atoms with Crippen molar-refractivity contribution in [2.45, 2.75) is 27.4 Å². The van der Waals surface area contributed by atoms with Gasteiger partial charge in [0.2, 0.25) is 5.91 Å².